The molecule has 120 valence electrons. The smallest absolute Gasteiger partial charge is 0.0427 e. The highest BCUT2D eigenvalue weighted by atomic mass is 35.5. The summed E-state index contributed by atoms with van der Waals surface area (Å²) < 4.78 is 0. The van der Waals surface area contributed by atoms with Crippen molar-refractivity contribution >= 4 is 17.3 Å². The first-order chi connectivity index (χ1) is 9.93. The quantitative estimate of drug-likeness (QED) is 0.753. The van der Waals surface area contributed by atoms with Gasteiger partial charge in [0.2, 0.25) is 0 Å². The minimum Gasteiger partial charge on any atom is -0.370 e. The molecule has 0 aliphatic heterocycles. The zero-order valence-electron chi connectivity index (χ0n) is 14.1. The van der Waals surface area contributed by atoms with E-state index in [1.807, 2.05) is 6.07 Å². The standard InChI is InChI=1S/C17H30ClN3/c1-6-19-12-15-7-8-16(18)11-17(15)21(13-14(2)3)10-9-20(4)5/h7-8,11,14,19H,6,9-10,12-13H2,1-5H3. The average Bonchev–Trinajstić information content (AvgIpc) is 2.41. The molecule has 21 heavy (non-hydrogen) atoms. The van der Waals surface area contributed by atoms with E-state index in [2.05, 4.69) is 62.1 Å². The van der Waals surface area contributed by atoms with Crippen LogP contribution in [0, 0.1) is 5.92 Å². The Labute approximate surface area is 135 Å². The van der Waals surface area contributed by atoms with Crippen molar-refractivity contribution in [3.63, 3.8) is 0 Å². The molecule has 0 unspecified atom stereocenters. The summed E-state index contributed by atoms with van der Waals surface area (Å²) in [7, 11) is 4.23. The summed E-state index contributed by atoms with van der Waals surface area (Å²) in [6.07, 6.45) is 0. The molecule has 0 spiro atoms. The molecule has 0 aliphatic carbocycles. The Kier molecular flexibility index (Phi) is 8.09. The Morgan fingerprint density at radius 1 is 1.19 bits per heavy atom. The van der Waals surface area contributed by atoms with Crippen molar-refractivity contribution in [1.29, 1.82) is 0 Å². The van der Waals surface area contributed by atoms with Crippen LogP contribution in [0.4, 0.5) is 5.69 Å². The van der Waals surface area contributed by atoms with Crippen LogP contribution in [0.5, 0.6) is 0 Å². The molecule has 1 aromatic rings. The Morgan fingerprint density at radius 2 is 1.90 bits per heavy atom. The number of nitrogens with zero attached hydrogens (tertiary/aromatic N) is 2. The SMILES string of the molecule is CCNCc1ccc(Cl)cc1N(CCN(C)C)CC(C)C. The first-order valence-electron chi connectivity index (χ1n) is 7.82. The minimum atomic E-state index is 0.623. The Bertz CT molecular complexity index is 418. The van der Waals surface area contributed by atoms with E-state index >= 15 is 0 Å². The molecule has 1 rings (SSSR count). The summed E-state index contributed by atoms with van der Waals surface area (Å²) in [5.74, 6) is 0.623. The van der Waals surface area contributed by atoms with Crippen molar-refractivity contribution in [3.05, 3.63) is 28.8 Å². The first-order valence-corrected chi connectivity index (χ1v) is 8.20. The van der Waals surface area contributed by atoms with Crippen molar-refractivity contribution in [2.75, 3.05) is 45.2 Å². The number of anilines is 1. The highest BCUT2D eigenvalue weighted by molar-refractivity contribution is 6.30. The fraction of sp³-hybridized carbons (Fsp3) is 0.647. The summed E-state index contributed by atoms with van der Waals surface area (Å²) in [6.45, 7) is 11.6. The summed E-state index contributed by atoms with van der Waals surface area (Å²) >= 11 is 6.24. The van der Waals surface area contributed by atoms with E-state index in [4.69, 9.17) is 11.6 Å². The summed E-state index contributed by atoms with van der Waals surface area (Å²) in [4.78, 5) is 4.69. The van der Waals surface area contributed by atoms with Gasteiger partial charge in [0.25, 0.3) is 0 Å². The monoisotopic (exact) mass is 311 g/mol. The zero-order valence-corrected chi connectivity index (χ0v) is 14.9. The van der Waals surface area contributed by atoms with Gasteiger partial charge < -0.3 is 15.1 Å². The van der Waals surface area contributed by atoms with Crippen molar-refractivity contribution in [2.24, 2.45) is 5.92 Å². The third-order valence-corrected chi connectivity index (χ3v) is 3.59. The van der Waals surface area contributed by atoms with Crippen LogP contribution in [0.25, 0.3) is 0 Å². The van der Waals surface area contributed by atoms with Gasteiger partial charge in [-0.2, -0.15) is 0 Å². The van der Waals surface area contributed by atoms with Crippen molar-refractivity contribution in [1.82, 2.24) is 10.2 Å². The zero-order chi connectivity index (χ0) is 15.8. The van der Waals surface area contributed by atoms with Crippen LogP contribution >= 0.6 is 11.6 Å². The van der Waals surface area contributed by atoms with E-state index in [-0.39, 0.29) is 0 Å². The third-order valence-electron chi connectivity index (χ3n) is 3.36. The highest BCUT2D eigenvalue weighted by Crippen LogP contribution is 2.26. The van der Waals surface area contributed by atoms with Gasteiger partial charge in [-0.3, -0.25) is 0 Å². The molecule has 0 saturated heterocycles. The number of likely N-dealkylation sites (N-methyl/N-ethyl adjacent to an activating group) is 1. The second-order valence-electron chi connectivity index (χ2n) is 6.20. The number of rotatable bonds is 9. The second-order valence-corrected chi connectivity index (χ2v) is 6.63. The molecular formula is C17H30ClN3. The normalized spacial score (nSPS) is 11.4. The number of hydrogen-bond acceptors (Lipinski definition) is 3. The predicted octanol–water partition coefficient (Wildman–Crippen LogP) is 3.47. The summed E-state index contributed by atoms with van der Waals surface area (Å²) in [5, 5.41) is 4.23. The first kappa shape index (κ1) is 18.3. The van der Waals surface area contributed by atoms with Gasteiger partial charge in [0.05, 0.1) is 0 Å². The minimum absolute atomic E-state index is 0.623. The van der Waals surface area contributed by atoms with Crippen molar-refractivity contribution in [2.45, 2.75) is 27.3 Å². The molecule has 0 aliphatic rings. The summed E-state index contributed by atoms with van der Waals surface area (Å²) in [6, 6.07) is 6.23. The van der Waals surface area contributed by atoms with Gasteiger partial charge in [-0.05, 0) is 44.3 Å². The van der Waals surface area contributed by atoms with E-state index in [9.17, 15) is 0 Å². The van der Waals surface area contributed by atoms with Gasteiger partial charge in [0, 0.05) is 36.9 Å². The van der Waals surface area contributed by atoms with Crippen LogP contribution in [0.15, 0.2) is 18.2 Å². The van der Waals surface area contributed by atoms with Crippen LogP contribution in [-0.4, -0.2) is 45.2 Å². The van der Waals surface area contributed by atoms with Crippen LogP contribution in [0.1, 0.15) is 26.3 Å². The van der Waals surface area contributed by atoms with Crippen LogP contribution in [-0.2, 0) is 6.54 Å². The van der Waals surface area contributed by atoms with Crippen LogP contribution in [0.3, 0.4) is 0 Å². The lowest BCUT2D eigenvalue weighted by Gasteiger charge is -2.30. The maximum Gasteiger partial charge on any atom is 0.0427 e. The molecule has 0 fully saturated rings. The molecule has 1 aromatic carbocycles. The molecule has 0 saturated carbocycles. The number of hydrogen-bond donors (Lipinski definition) is 1. The summed E-state index contributed by atoms with van der Waals surface area (Å²) in [5.41, 5.74) is 2.58. The molecular weight excluding hydrogens is 282 g/mol. The average molecular weight is 312 g/mol. The fourth-order valence-electron chi connectivity index (χ4n) is 2.31. The third kappa shape index (κ3) is 6.68. The lowest BCUT2D eigenvalue weighted by molar-refractivity contribution is 0.409. The van der Waals surface area contributed by atoms with E-state index < -0.39 is 0 Å². The topological polar surface area (TPSA) is 18.5 Å². The molecule has 3 nitrogen and oxygen atoms in total. The van der Waals surface area contributed by atoms with E-state index in [1.165, 1.54) is 11.3 Å². The van der Waals surface area contributed by atoms with E-state index in [1.54, 1.807) is 0 Å². The molecule has 1 N–H and O–H groups in total. The van der Waals surface area contributed by atoms with Gasteiger partial charge in [-0.25, -0.2) is 0 Å². The molecule has 0 heterocycles. The largest absolute Gasteiger partial charge is 0.370 e. The van der Waals surface area contributed by atoms with Crippen LogP contribution in [0.2, 0.25) is 5.02 Å². The number of halogens is 1. The van der Waals surface area contributed by atoms with Gasteiger partial charge in [-0.15, -0.1) is 0 Å². The number of benzene rings is 1. The molecule has 0 aromatic heterocycles. The maximum absolute atomic E-state index is 6.24. The fourth-order valence-corrected chi connectivity index (χ4v) is 2.48. The van der Waals surface area contributed by atoms with Crippen LogP contribution < -0.4 is 10.2 Å². The maximum atomic E-state index is 6.24. The Hall–Kier alpha value is -0.770. The Balaban J connectivity index is 2.99. The molecule has 0 atom stereocenters. The second kappa shape index (κ2) is 9.29. The van der Waals surface area contributed by atoms with Crippen molar-refractivity contribution < 1.29 is 0 Å². The van der Waals surface area contributed by atoms with Gasteiger partial charge in [-0.1, -0.05) is 38.4 Å². The molecule has 0 bridgehead atoms. The highest BCUT2D eigenvalue weighted by Gasteiger charge is 2.13. The molecule has 0 amide bonds. The van der Waals surface area contributed by atoms with E-state index in [0.717, 1.165) is 37.7 Å². The lowest BCUT2D eigenvalue weighted by atomic mass is 10.1. The molecule has 4 heteroatoms. The lowest BCUT2D eigenvalue weighted by Crippen LogP contribution is -2.35. The van der Waals surface area contributed by atoms with Crippen molar-refractivity contribution in [3.8, 4) is 0 Å². The van der Waals surface area contributed by atoms with Gasteiger partial charge in [0.15, 0.2) is 0 Å². The Morgan fingerprint density at radius 3 is 2.48 bits per heavy atom. The number of nitrogens with one attached hydrogen (secondary N) is 1. The van der Waals surface area contributed by atoms with E-state index in [0.29, 0.717) is 5.92 Å². The van der Waals surface area contributed by atoms with Gasteiger partial charge >= 0.3 is 0 Å². The predicted molar refractivity (Wildman–Crippen MR) is 94.4 cm³/mol. The molecule has 0 radical (unpaired) electrons. The van der Waals surface area contributed by atoms with Gasteiger partial charge in [0.1, 0.15) is 0 Å².